The van der Waals surface area contributed by atoms with Gasteiger partial charge in [-0.3, -0.25) is 14.3 Å². The molecule has 184 valence electrons. The van der Waals surface area contributed by atoms with Crippen molar-refractivity contribution in [2.24, 2.45) is 5.41 Å². The molecule has 1 fully saturated rings. The molecule has 0 radical (unpaired) electrons. The first-order chi connectivity index (χ1) is 16.6. The van der Waals surface area contributed by atoms with Gasteiger partial charge in [0.15, 0.2) is 11.4 Å². The van der Waals surface area contributed by atoms with Gasteiger partial charge in [-0.1, -0.05) is 54.8 Å². The third-order valence-electron chi connectivity index (χ3n) is 6.28. The van der Waals surface area contributed by atoms with Crippen LogP contribution in [-0.4, -0.2) is 20.8 Å². The zero-order valence-corrected chi connectivity index (χ0v) is 19.4. The normalized spacial score (nSPS) is 15.2. The van der Waals surface area contributed by atoms with E-state index in [0.29, 0.717) is 12.6 Å². The number of carbonyl (C=O) groups is 1. The lowest BCUT2D eigenvalue weighted by Gasteiger charge is -2.30. The van der Waals surface area contributed by atoms with E-state index in [1.54, 1.807) is 0 Å². The van der Waals surface area contributed by atoms with Crippen LogP contribution >= 0.6 is 11.6 Å². The molecule has 3 aromatic rings. The molecule has 0 atom stereocenters. The van der Waals surface area contributed by atoms with Crippen LogP contribution in [0, 0.1) is 5.41 Å². The predicted octanol–water partition coefficient (Wildman–Crippen LogP) is 5.68. The quantitative estimate of drug-likeness (QED) is 0.451. The highest BCUT2D eigenvalue weighted by molar-refractivity contribution is 6.31. The number of amides is 1. The molecular weight excluding hydrogens is 483 g/mol. The summed E-state index contributed by atoms with van der Waals surface area (Å²) < 4.78 is 40.8. The SMILES string of the molecule is O=C(Nc1ccc(Cl)c(C(F)(F)F)c1)c1nn(CC2(Cc3ccccc3)CCCC2)cc(O)c1=O. The van der Waals surface area contributed by atoms with Gasteiger partial charge in [-0.05, 0) is 48.4 Å². The van der Waals surface area contributed by atoms with E-state index < -0.39 is 39.5 Å². The summed E-state index contributed by atoms with van der Waals surface area (Å²) in [6.07, 6.45) is 1.15. The van der Waals surface area contributed by atoms with Gasteiger partial charge in [0.25, 0.3) is 11.3 Å². The summed E-state index contributed by atoms with van der Waals surface area (Å²) in [4.78, 5) is 25.2. The van der Waals surface area contributed by atoms with Gasteiger partial charge < -0.3 is 10.4 Å². The zero-order valence-electron chi connectivity index (χ0n) is 18.6. The number of carbonyl (C=O) groups excluding carboxylic acids is 1. The molecule has 35 heavy (non-hydrogen) atoms. The second kappa shape index (κ2) is 9.73. The zero-order chi connectivity index (χ0) is 25.2. The Labute approximate surface area is 204 Å². The summed E-state index contributed by atoms with van der Waals surface area (Å²) in [5.74, 6) is -1.69. The third-order valence-corrected chi connectivity index (χ3v) is 6.61. The van der Waals surface area contributed by atoms with Gasteiger partial charge in [-0.2, -0.15) is 18.3 Å². The van der Waals surface area contributed by atoms with Crippen molar-refractivity contribution < 1.29 is 23.1 Å². The average Bonchev–Trinajstić information content (AvgIpc) is 3.25. The lowest BCUT2D eigenvalue weighted by atomic mass is 9.80. The average molecular weight is 506 g/mol. The molecule has 10 heteroatoms. The monoisotopic (exact) mass is 505 g/mol. The van der Waals surface area contributed by atoms with Crippen molar-refractivity contribution in [1.29, 1.82) is 0 Å². The summed E-state index contributed by atoms with van der Waals surface area (Å²) in [7, 11) is 0. The minimum atomic E-state index is -4.72. The van der Waals surface area contributed by atoms with Crippen LogP contribution in [0.3, 0.4) is 0 Å². The fourth-order valence-electron chi connectivity index (χ4n) is 4.65. The highest BCUT2D eigenvalue weighted by Crippen LogP contribution is 2.42. The van der Waals surface area contributed by atoms with Crippen LogP contribution in [0.2, 0.25) is 5.02 Å². The fourth-order valence-corrected chi connectivity index (χ4v) is 4.88. The fraction of sp³-hybridized carbons (Fsp3) is 0.320. The minimum absolute atomic E-state index is 0.165. The number of hydrogen-bond acceptors (Lipinski definition) is 4. The molecule has 0 aliphatic heterocycles. The first-order valence-electron chi connectivity index (χ1n) is 11.1. The maximum atomic E-state index is 13.1. The second-order valence-electron chi connectivity index (χ2n) is 8.91. The molecule has 4 rings (SSSR count). The summed E-state index contributed by atoms with van der Waals surface area (Å²) in [6.45, 7) is 0.370. The molecule has 1 heterocycles. The maximum Gasteiger partial charge on any atom is 0.417 e. The summed E-state index contributed by atoms with van der Waals surface area (Å²) in [5.41, 5.74) is -1.96. The van der Waals surface area contributed by atoms with E-state index in [1.165, 1.54) is 16.9 Å². The Kier molecular flexibility index (Phi) is 6.89. The van der Waals surface area contributed by atoms with Crippen LogP contribution in [0.5, 0.6) is 5.75 Å². The van der Waals surface area contributed by atoms with Gasteiger partial charge in [-0.25, -0.2) is 0 Å². The van der Waals surface area contributed by atoms with Crippen LogP contribution in [0.25, 0.3) is 0 Å². The number of rotatable bonds is 6. The van der Waals surface area contributed by atoms with Crippen molar-refractivity contribution >= 4 is 23.2 Å². The van der Waals surface area contributed by atoms with Gasteiger partial charge in [0.1, 0.15) is 0 Å². The molecule has 1 saturated carbocycles. The number of aromatic hydroxyl groups is 1. The lowest BCUT2D eigenvalue weighted by molar-refractivity contribution is -0.137. The van der Waals surface area contributed by atoms with Crippen LogP contribution in [0.15, 0.2) is 59.5 Å². The predicted molar refractivity (Wildman–Crippen MR) is 126 cm³/mol. The van der Waals surface area contributed by atoms with E-state index >= 15 is 0 Å². The minimum Gasteiger partial charge on any atom is -0.503 e. The molecule has 0 unspecified atom stereocenters. The molecule has 1 aliphatic carbocycles. The van der Waals surface area contributed by atoms with Gasteiger partial charge in [0.05, 0.1) is 16.8 Å². The summed E-state index contributed by atoms with van der Waals surface area (Å²) in [5, 5.41) is 16.1. The highest BCUT2D eigenvalue weighted by Gasteiger charge is 2.36. The number of anilines is 1. The number of aromatic nitrogens is 2. The Morgan fingerprint density at radius 3 is 2.49 bits per heavy atom. The van der Waals surface area contributed by atoms with Gasteiger partial charge in [0.2, 0.25) is 0 Å². The Balaban J connectivity index is 1.61. The van der Waals surface area contributed by atoms with Crippen molar-refractivity contribution in [3.63, 3.8) is 0 Å². The molecule has 6 nitrogen and oxygen atoms in total. The molecule has 2 N–H and O–H groups in total. The molecule has 1 aromatic heterocycles. The van der Waals surface area contributed by atoms with E-state index in [-0.39, 0.29) is 11.1 Å². The lowest BCUT2D eigenvalue weighted by Crippen LogP contribution is -2.31. The van der Waals surface area contributed by atoms with Crippen LogP contribution in [-0.2, 0) is 19.1 Å². The first kappa shape index (κ1) is 24.8. The van der Waals surface area contributed by atoms with Crippen molar-refractivity contribution in [1.82, 2.24) is 9.78 Å². The van der Waals surface area contributed by atoms with E-state index in [4.69, 9.17) is 11.6 Å². The molecular formula is C25H23ClF3N3O3. The van der Waals surface area contributed by atoms with E-state index in [0.717, 1.165) is 43.7 Å². The van der Waals surface area contributed by atoms with Gasteiger partial charge >= 0.3 is 6.18 Å². The van der Waals surface area contributed by atoms with Crippen molar-refractivity contribution in [3.8, 4) is 5.75 Å². The maximum absolute atomic E-state index is 13.1. The number of benzene rings is 2. The second-order valence-corrected chi connectivity index (χ2v) is 9.31. The number of nitrogens with one attached hydrogen (secondary N) is 1. The first-order valence-corrected chi connectivity index (χ1v) is 11.5. The standard InChI is InChI=1S/C25H23ClF3N3O3/c26-19-9-8-17(12-18(19)25(27,28)29)30-23(35)21-22(34)20(33)14-32(31-21)15-24(10-4-5-11-24)13-16-6-2-1-3-7-16/h1-3,6-9,12,14,33H,4-5,10-11,13,15H2,(H,30,35). The van der Waals surface area contributed by atoms with E-state index in [9.17, 15) is 27.9 Å². The number of nitrogens with zero attached hydrogens (tertiary/aromatic N) is 2. The number of halogens is 4. The smallest absolute Gasteiger partial charge is 0.417 e. The Morgan fingerprint density at radius 2 is 1.83 bits per heavy atom. The number of hydrogen-bond donors (Lipinski definition) is 2. The Morgan fingerprint density at radius 1 is 1.14 bits per heavy atom. The Bertz CT molecular complexity index is 1290. The van der Waals surface area contributed by atoms with Crippen molar-refractivity contribution in [2.75, 3.05) is 5.32 Å². The van der Waals surface area contributed by atoms with Crippen LogP contribution in [0.1, 0.15) is 47.3 Å². The van der Waals surface area contributed by atoms with Gasteiger partial charge in [0, 0.05) is 12.2 Å². The van der Waals surface area contributed by atoms with Crippen molar-refractivity contribution in [2.45, 2.75) is 44.8 Å². The van der Waals surface area contributed by atoms with Crippen LogP contribution < -0.4 is 10.7 Å². The Hall–Kier alpha value is -3.33. The highest BCUT2D eigenvalue weighted by atomic mass is 35.5. The van der Waals surface area contributed by atoms with Crippen molar-refractivity contribution in [3.05, 3.63) is 86.8 Å². The van der Waals surface area contributed by atoms with Gasteiger partial charge in [-0.15, -0.1) is 0 Å². The molecule has 2 aromatic carbocycles. The van der Waals surface area contributed by atoms with E-state index in [2.05, 4.69) is 10.4 Å². The van der Waals surface area contributed by atoms with Crippen LogP contribution in [0.4, 0.5) is 18.9 Å². The summed E-state index contributed by atoms with van der Waals surface area (Å²) in [6, 6.07) is 12.8. The molecule has 0 bridgehead atoms. The molecule has 1 amide bonds. The molecule has 0 saturated heterocycles. The number of alkyl halides is 3. The summed E-state index contributed by atoms with van der Waals surface area (Å²) >= 11 is 5.62. The topological polar surface area (TPSA) is 84.2 Å². The largest absolute Gasteiger partial charge is 0.503 e. The molecule has 1 aliphatic rings. The van der Waals surface area contributed by atoms with E-state index in [1.807, 2.05) is 30.3 Å². The third kappa shape index (κ3) is 5.67. The molecule has 0 spiro atoms.